The van der Waals surface area contributed by atoms with Gasteiger partial charge in [-0.1, -0.05) is 6.07 Å². The Labute approximate surface area is 157 Å². The first-order chi connectivity index (χ1) is 12.5. The minimum absolute atomic E-state index is 0.0640. The number of hydrogen-bond donors (Lipinski definition) is 1. The number of amides is 2. The van der Waals surface area contributed by atoms with Crippen LogP contribution in [0, 0.1) is 0 Å². The minimum Gasteiger partial charge on any atom is -0.354 e. The second-order valence-corrected chi connectivity index (χ2v) is 7.79. The number of nitrogens with zero attached hydrogens (tertiary/aromatic N) is 4. The Morgan fingerprint density at radius 1 is 1.42 bits per heavy atom. The zero-order chi connectivity index (χ0) is 18.5. The van der Waals surface area contributed by atoms with E-state index in [2.05, 4.69) is 16.4 Å². The van der Waals surface area contributed by atoms with Crippen LogP contribution in [0.15, 0.2) is 30.0 Å². The molecule has 0 saturated heterocycles. The zero-order valence-electron chi connectivity index (χ0n) is 15.2. The van der Waals surface area contributed by atoms with E-state index in [1.54, 1.807) is 28.8 Å². The SMILES string of the molecule is CN(C)CCC(=O)N1Cc2cncn2[C@H](C(=O)NCCc2cccs2)C1. The van der Waals surface area contributed by atoms with E-state index in [0.717, 1.165) is 12.1 Å². The van der Waals surface area contributed by atoms with Crippen LogP contribution in [-0.2, 0) is 22.6 Å². The summed E-state index contributed by atoms with van der Waals surface area (Å²) in [5, 5.41) is 5.04. The Balaban J connectivity index is 1.61. The van der Waals surface area contributed by atoms with Gasteiger partial charge in [-0.3, -0.25) is 9.59 Å². The molecule has 140 valence electrons. The standard InChI is InChI=1S/C18H25N5O2S/c1-21(2)8-6-17(24)22-11-14-10-19-13-23(14)16(12-22)18(25)20-7-5-15-4-3-9-26-15/h3-4,9-10,13,16H,5-8,11-12H2,1-2H3,(H,20,25)/t16-/m0/s1. The van der Waals surface area contributed by atoms with Crippen molar-refractivity contribution in [1.29, 1.82) is 0 Å². The number of rotatable bonds is 7. The largest absolute Gasteiger partial charge is 0.354 e. The molecule has 3 rings (SSSR count). The zero-order valence-corrected chi connectivity index (χ0v) is 16.0. The molecule has 0 radical (unpaired) electrons. The van der Waals surface area contributed by atoms with Crippen molar-refractivity contribution in [2.75, 3.05) is 33.7 Å². The molecular formula is C18H25N5O2S. The Hall–Kier alpha value is -2.19. The van der Waals surface area contributed by atoms with Gasteiger partial charge >= 0.3 is 0 Å². The summed E-state index contributed by atoms with van der Waals surface area (Å²) in [6.45, 7) is 2.19. The lowest BCUT2D eigenvalue weighted by Crippen LogP contribution is -2.47. The molecule has 0 fully saturated rings. The smallest absolute Gasteiger partial charge is 0.244 e. The molecule has 7 nitrogen and oxygen atoms in total. The second kappa shape index (κ2) is 8.46. The lowest BCUT2D eigenvalue weighted by molar-refractivity contribution is -0.135. The molecule has 1 aliphatic rings. The van der Waals surface area contributed by atoms with E-state index in [1.807, 2.05) is 35.0 Å². The molecule has 0 aromatic carbocycles. The monoisotopic (exact) mass is 375 g/mol. The van der Waals surface area contributed by atoms with Gasteiger partial charge in [0.2, 0.25) is 11.8 Å². The van der Waals surface area contributed by atoms with Crippen LogP contribution in [0.5, 0.6) is 0 Å². The molecule has 0 spiro atoms. The van der Waals surface area contributed by atoms with Gasteiger partial charge in [-0.2, -0.15) is 0 Å². The Morgan fingerprint density at radius 2 is 2.27 bits per heavy atom. The highest BCUT2D eigenvalue weighted by molar-refractivity contribution is 7.09. The van der Waals surface area contributed by atoms with E-state index in [0.29, 0.717) is 32.6 Å². The average Bonchev–Trinajstić information content (AvgIpc) is 3.29. The fraction of sp³-hybridized carbons (Fsp3) is 0.500. The van der Waals surface area contributed by atoms with Crippen molar-refractivity contribution < 1.29 is 9.59 Å². The first kappa shape index (κ1) is 18.6. The molecule has 2 aromatic rings. The van der Waals surface area contributed by atoms with Crippen molar-refractivity contribution in [3.63, 3.8) is 0 Å². The van der Waals surface area contributed by atoms with Crippen molar-refractivity contribution in [3.05, 3.63) is 40.6 Å². The van der Waals surface area contributed by atoms with E-state index < -0.39 is 6.04 Å². The Kier molecular flexibility index (Phi) is 6.05. The first-order valence-electron chi connectivity index (χ1n) is 8.78. The quantitative estimate of drug-likeness (QED) is 0.788. The third kappa shape index (κ3) is 4.50. The van der Waals surface area contributed by atoms with Crippen LogP contribution in [-0.4, -0.2) is 64.9 Å². The summed E-state index contributed by atoms with van der Waals surface area (Å²) in [7, 11) is 3.89. The maximum Gasteiger partial charge on any atom is 0.244 e. The fourth-order valence-electron chi connectivity index (χ4n) is 3.05. The van der Waals surface area contributed by atoms with Crippen molar-refractivity contribution in [2.24, 2.45) is 0 Å². The Bertz CT molecular complexity index is 741. The predicted molar refractivity (Wildman–Crippen MR) is 101 cm³/mol. The van der Waals surface area contributed by atoms with Crippen LogP contribution < -0.4 is 5.32 Å². The van der Waals surface area contributed by atoms with Gasteiger partial charge in [0, 0.05) is 30.6 Å². The highest BCUT2D eigenvalue weighted by Crippen LogP contribution is 2.22. The van der Waals surface area contributed by atoms with E-state index >= 15 is 0 Å². The number of hydrogen-bond acceptors (Lipinski definition) is 5. The Morgan fingerprint density at radius 3 is 3.00 bits per heavy atom. The molecule has 0 unspecified atom stereocenters. The number of thiophene rings is 1. The molecule has 2 aromatic heterocycles. The maximum absolute atomic E-state index is 12.7. The third-order valence-corrected chi connectivity index (χ3v) is 5.44. The van der Waals surface area contributed by atoms with E-state index in [1.165, 1.54) is 4.88 Å². The maximum atomic E-state index is 12.7. The van der Waals surface area contributed by atoms with Crippen molar-refractivity contribution in [3.8, 4) is 0 Å². The molecule has 0 saturated carbocycles. The summed E-state index contributed by atoms with van der Waals surface area (Å²) in [6.07, 6.45) is 4.68. The summed E-state index contributed by atoms with van der Waals surface area (Å²) in [5.41, 5.74) is 0.896. The van der Waals surface area contributed by atoms with Gasteiger partial charge in [0.05, 0.1) is 25.1 Å². The molecule has 1 atom stereocenters. The number of carbonyl (C=O) groups excluding carboxylic acids is 2. The number of fused-ring (bicyclic) bond motifs is 1. The fourth-order valence-corrected chi connectivity index (χ4v) is 3.76. The number of carbonyl (C=O) groups is 2. The summed E-state index contributed by atoms with van der Waals surface area (Å²) in [5.74, 6) is 0.00783. The molecule has 0 aliphatic carbocycles. The predicted octanol–water partition coefficient (Wildman–Crippen LogP) is 1.14. The van der Waals surface area contributed by atoms with Gasteiger partial charge in [-0.15, -0.1) is 11.3 Å². The number of nitrogens with one attached hydrogen (secondary N) is 1. The van der Waals surface area contributed by atoms with Gasteiger partial charge in [-0.25, -0.2) is 4.98 Å². The summed E-state index contributed by atoms with van der Waals surface area (Å²) < 4.78 is 1.89. The second-order valence-electron chi connectivity index (χ2n) is 6.76. The summed E-state index contributed by atoms with van der Waals surface area (Å²) >= 11 is 1.69. The lowest BCUT2D eigenvalue weighted by Gasteiger charge is -2.34. The summed E-state index contributed by atoms with van der Waals surface area (Å²) in [6, 6.07) is 3.65. The van der Waals surface area contributed by atoms with E-state index in [4.69, 9.17) is 0 Å². The van der Waals surface area contributed by atoms with Gasteiger partial charge < -0.3 is 19.7 Å². The average molecular weight is 375 g/mol. The third-order valence-electron chi connectivity index (χ3n) is 4.51. The van der Waals surface area contributed by atoms with Crippen LogP contribution in [0.3, 0.4) is 0 Å². The molecule has 0 bridgehead atoms. The van der Waals surface area contributed by atoms with Gasteiger partial charge in [0.25, 0.3) is 0 Å². The molecular weight excluding hydrogens is 350 g/mol. The molecule has 8 heteroatoms. The van der Waals surface area contributed by atoms with Crippen LogP contribution in [0.4, 0.5) is 0 Å². The van der Waals surface area contributed by atoms with Crippen molar-refractivity contribution in [2.45, 2.75) is 25.4 Å². The van der Waals surface area contributed by atoms with Gasteiger partial charge in [-0.05, 0) is 32.0 Å². The topological polar surface area (TPSA) is 70.5 Å². The highest BCUT2D eigenvalue weighted by Gasteiger charge is 2.32. The van der Waals surface area contributed by atoms with Crippen LogP contribution >= 0.6 is 11.3 Å². The van der Waals surface area contributed by atoms with Gasteiger partial charge in [0.1, 0.15) is 6.04 Å². The van der Waals surface area contributed by atoms with Gasteiger partial charge in [0.15, 0.2) is 0 Å². The highest BCUT2D eigenvalue weighted by atomic mass is 32.1. The van der Waals surface area contributed by atoms with Crippen LogP contribution in [0.1, 0.15) is 23.0 Å². The summed E-state index contributed by atoms with van der Waals surface area (Å²) in [4.78, 5) is 34.4. The normalized spacial score (nSPS) is 16.6. The minimum atomic E-state index is -0.423. The van der Waals surface area contributed by atoms with Crippen LogP contribution in [0.2, 0.25) is 0 Å². The molecule has 2 amide bonds. The molecule has 26 heavy (non-hydrogen) atoms. The molecule has 1 aliphatic heterocycles. The number of imidazole rings is 1. The first-order valence-corrected chi connectivity index (χ1v) is 9.66. The van der Waals surface area contributed by atoms with Crippen molar-refractivity contribution in [1.82, 2.24) is 24.7 Å². The van der Waals surface area contributed by atoms with E-state index in [9.17, 15) is 9.59 Å². The molecule has 3 heterocycles. The van der Waals surface area contributed by atoms with E-state index in [-0.39, 0.29) is 11.8 Å². The lowest BCUT2D eigenvalue weighted by atomic mass is 10.1. The van der Waals surface area contributed by atoms with Crippen molar-refractivity contribution >= 4 is 23.2 Å². The molecule has 1 N–H and O–H groups in total. The number of aromatic nitrogens is 2. The van der Waals surface area contributed by atoms with Crippen LogP contribution in [0.25, 0.3) is 0 Å².